The van der Waals surface area contributed by atoms with Crippen molar-refractivity contribution < 1.29 is 27.5 Å². The van der Waals surface area contributed by atoms with Crippen molar-refractivity contribution >= 4 is 21.9 Å². The molecule has 50 heavy (non-hydrogen) atoms. The van der Waals surface area contributed by atoms with Gasteiger partial charge >= 0.3 is 5.97 Å². The monoisotopic (exact) mass is 704 g/mol. The fourth-order valence-corrected chi connectivity index (χ4v) is 13.5. The first-order chi connectivity index (χ1) is 24.0. The summed E-state index contributed by atoms with van der Waals surface area (Å²) in [5, 5.41) is 0. The van der Waals surface area contributed by atoms with E-state index in [2.05, 4.69) is 13.8 Å². The van der Waals surface area contributed by atoms with E-state index in [-0.39, 0.29) is 48.0 Å². The molecule has 4 atom stereocenters. The van der Waals surface area contributed by atoms with Crippen LogP contribution in [0.5, 0.6) is 5.75 Å². The lowest BCUT2D eigenvalue weighted by Gasteiger charge is -2.51. The van der Waals surface area contributed by atoms with Crippen LogP contribution in [0.4, 0.5) is 0 Å². The van der Waals surface area contributed by atoms with E-state index >= 15 is 0 Å². The van der Waals surface area contributed by atoms with Gasteiger partial charge in [0.15, 0.2) is 5.54 Å². The summed E-state index contributed by atoms with van der Waals surface area (Å²) in [4.78, 5) is 29.8. The van der Waals surface area contributed by atoms with E-state index < -0.39 is 33.1 Å². The minimum absolute atomic E-state index is 0.0224. The maximum absolute atomic E-state index is 15.0. The fraction of sp³-hybridized carbons (Fsp3) is 0.659. The third-order valence-corrected chi connectivity index (χ3v) is 15.8. The van der Waals surface area contributed by atoms with E-state index in [9.17, 15) is 18.0 Å². The summed E-state index contributed by atoms with van der Waals surface area (Å²) in [5.41, 5.74) is -0.298. The molecular weight excluding hydrogens is 649 g/mol. The smallest absolute Gasteiger partial charge is 0.333 e. The van der Waals surface area contributed by atoms with Gasteiger partial charge in [-0.15, -0.1) is 0 Å². The van der Waals surface area contributed by atoms with Crippen LogP contribution in [0, 0.1) is 16.7 Å². The highest BCUT2D eigenvalue weighted by Crippen LogP contribution is 2.67. The van der Waals surface area contributed by atoms with Crippen molar-refractivity contribution in [1.29, 1.82) is 0 Å². The van der Waals surface area contributed by atoms with Crippen LogP contribution in [0.3, 0.4) is 0 Å². The van der Waals surface area contributed by atoms with Crippen molar-refractivity contribution in [3.8, 4) is 5.75 Å². The Balaban J connectivity index is 1.19. The summed E-state index contributed by atoms with van der Waals surface area (Å²) >= 11 is 0. The number of esters is 1. The molecule has 272 valence electrons. The molecule has 7 rings (SSSR count). The molecule has 0 aromatic heterocycles. The van der Waals surface area contributed by atoms with Crippen LogP contribution in [-0.2, 0) is 37.3 Å². The largest absolute Gasteiger partial charge is 0.497 e. The molecule has 2 aromatic rings. The number of amides is 1. The highest BCUT2D eigenvalue weighted by molar-refractivity contribution is 7.89. The molecule has 0 radical (unpaired) electrons. The second kappa shape index (κ2) is 13.9. The minimum Gasteiger partial charge on any atom is -0.497 e. The molecule has 4 aliphatic carbocycles. The molecular formula is C41H56N2O6S. The molecule has 8 nitrogen and oxygen atoms in total. The number of carbonyl (C=O) groups excluding carboxylic acids is 2. The van der Waals surface area contributed by atoms with E-state index in [0.29, 0.717) is 12.8 Å². The summed E-state index contributed by atoms with van der Waals surface area (Å²) in [6.07, 6.45) is 12.6. The lowest BCUT2D eigenvalue weighted by molar-refractivity contribution is -0.189. The normalized spacial score (nSPS) is 30.0. The predicted molar refractivity (Wildman–Crippen MR) is 194 cm³/mol. The van der Waals surface area contributed by atoms with Gasteiger partial charge in [0.25, 0.3) is 0 Å². The SMILES string of the molecule is COc1ccc(CN2C(=O)C[C@@]2(Cc2ccccc2)C(=O)O[C@H]2C[C@@H]3CC[C@@]2(CS(=O)(=O)N(C2CCCCC2)C2CCCCC2)C3(C)C)cc1. The van der Waals surface area contributed by atoms with Crippen molar-refractivity contribution in [1.82, 2.24) is 9.21 Å². The van der Waals surface area contributed by atoms with Crippen molar-refractivity contribution in [2.24, 2.45) is 16.7 Å². The number of methoxy groups -OCH3 is 1. The maximum atomic E-state index is 15.0. The molecule has 0 N–H and O–H groups in total. The number of hydrogen-bond donors (Lipinski definition) is 0. The highest BCUT2D eigenvalue weighted by atomic mass is 32.2. The molecule has 1 amide bonds. The molecule has 9 heteroatoms. The topological polar surface area (TPSA) is 93.2 Å². The van der Waals surface area contributed by atoms with Crippen LogP contribution in [0.2, 0.25) is 0 Å². The van der Waals surface area contributed by atoms with E-state index in [1.165, 1.54) is 12.8 Å². The van der Waals surface area contributed by atoms with Gasteiger partial charge < -0.3 is 14.4 Å². The molecule has 4 saturated carbocycles. The Morgan fingerprint density at radius 1 is 0.860 bits per heavy atom. The van der Waals surface area contributed by atoms with Gasteiger partial charge in [-0.25, -0.2) is 13.2 Å². The lowest BCUT2D eigenvalue weighted by Crippen LogP contribution is -2.69. The van der Waals surface area contributed by atoms with Crippen LogP contribution >= 0.6 is 0 Å². The molecule has 1 saturated heterocycles. The van der Waals surface area contributed by atoms with Crippen molar-refractivity contribution in [2.75, 3.05) is 12.9 Å². The first kappa shape index (κ1) is 35.5. The summed E-state index contributed by atoms with van der Waals surface area (Å²) < 4.78 is 43.9. The van der Waals surface area contributed by atoms with Crippen LogP contribution in [-0.4, -0.2) is 66.1 Å². The second-order valence-electron chi connectivity index (χ2n) is 16.6. The Morgan fingerprint density at radius 3 is 2.04 bits per heavy atom. The van der Waals surface area contributed by atoms with Crippen molar-refractivity contribution in [2.45, 2.75) is 140 Å². The van der Waals surface area contributed by atoms with Crippen LogP contribution in [0.25, 0.3) is 0 Å². The molecule has 5 fully saturated rings. The van der Waals surface area contributed by atoms with Crippen LogP contribution in [0.15, 0.2) is 54.6 Å². The summed E-state index contributed by atoms with van der Waals surface area (Å²) in [5.74, 6) is 0.528. The summed E-state index contributed by atoms with van der Waals surface area (Å²) in [7, 11) is -2.04. The zero-order valence-corrected chi connectivity index (χ0v) is 31.1. The van der Waals surface area contributed by atoms with Crippen LogP contribution < -0.4 is 4.74 Å². The highest BCUT2D eigenvalue weighted by Gasteiger charge is 2.68. The number of likely N-dealkylation sites (tertiary alicyclic amines) is 1. The number of nitrogens with zero attached hydrogens (tertiary/aromatic N) is 2. The summed E-state index contributed by atoms with van der Waals surface area (Å²) in [6, 6.07) is 17.5. The lowest BCUT2D eigenvalue weighted by atomic mass is 9.69. The number of β-lactam (4-membered cyclic amide) rings is 1. The number of carbonyl (C=O) groups is 2. The van der Waals surface area contributed by atoms with Gasteiger partial charge in [0, 0.05) is 30.5 Å². The van der Waals surface area contributed by atoms with Gasteiger partial charge in [-0.05, 0) is 79.5 Å². The van der Waals surface area contributed by atoms with E-state index in [0.717, 1.165) is 81.1 Å². The molecule has 1 aliphatic heterocycles. The third kappa shape index (κ3) is 6.29. The van der Waals surface area contributed by atoms with E-state index in [1.54, 1.807) is 12.0 Å². The first-order valence-electron chi connectivity index (χ1n) is 19.2. The minimum atomic E-state index is -3.66. The number of fused-ring (bicyclic) bond motifs is 2. The zero-order chi connectivity index (χ0) is 35.1. The quantitative estimate of drug-likeness (QED) is 0.169. The van der Waals surface area contributed by atoms with E-state index in [4.69, 9.17) is 9.47 Å². The Labute approximate surface area is 299 Å². The molecule has 0 spiro atoms. The molecule has 2 aromatic carbocycles. The third-order valence-electron chi connectivity index (χ3n) is 13.7. The Hall–Kier alpha value is -2.91. The molecule has 5 aliphatic rings. The van der Waals surface area contributed by atoms with E-state index in [1.807, 2.05) is 58.9 Å². The first-order valence-corrected chi connectivity index (χ1v) is 20.8. The van der Waals surface area contributed by atoms with Gasteiger partial charge in [-0.1, -0.05) is 94.8 Å². The molecule has 1 heterocycles. The Kier molecular flexibility index (Phi) is 9.87. The van der Waals surface area contributed by atoms with Crippen molar-refractivity contribution in [3.05, 3.63) is 65.7 Å². The van der Waals surface area contributed by atoms with Crippen LogP contribution in [0.1, 0.15) is 115 Å². The number of ether oxygens (including phenoxy) is 2. The number of hydrogen-bond acceptors (Lipinski definition) is 6. The van der Waals surface area contributed by atoms with Crippen molar-refractivity contribution in [3.63, 3.8) is 0 Å². The second-order valence-corrected chi connectivity index (χ2v) is 18.5. The predicted octanol–water partition coefficient (Wildman–Crippen LogP) is 7.44. The fourth-order valence-electron chi connectivity index (χ4n) is 10.7. The number of rotatable bonds is 12. The van der Waals surface area contributed by atoms with Gasteiger partial charge in [0.05, 0.1) is 19.3 Å². The molecule has 2 bridgehead atoms. The molecule has 0 unspecified atom stereocenters. The number of benzene rings is 2. The van der Waals surface area contributed by atoms with Gasteiger partial charge in [0.1, 0.15) is 11.9 Å². The maximum Gasteiger partial charge on any atom is 0.333 e. The summed E-state index contributed by atoms with van der Waals surface area (Å²) in [6.45, 7) is 4.70. The van der Waals surface area contributed by atoms with Gasteiger partial charge in [0.2, 0.25) is 15.9 Å². The standard InChI is InChI=1S/C41H56N2O6S/c1-39(2)32-23-24-40(39,29-50(46,47)43(33-15-9-5-10-16-33)34-17-11-6-12-18-34)36(25-32)49-38(45)41(26-30-13-7-4-8-14-30)27-37(44)42(41)28-31-19-21-35(48-3)22-20-31/h4,7-8,13-14,19-22,32-34,36H,5-6,9-12,15-18,23-29H2,1-3H3/t32-,36-,40-,41-/m0/s1. The zero-order valence-electron chi connectivity index (χ0n) is 30.3. The Morgan fingerprint density at radius 2 is 1.48 bits per heavy atom. The average Bonchev–Trinajstić information content (AvgIpc) is 3.47. The Bertz CT molecular complexity index is 1610. The van der Waals surface area contributed by atoms with Gasteiger partial charge in [-0.2, -0.15) is 4.31 Å². The average molecular weight is 705 g/mol. The van der Waals surface area contributed by atoms with Gasteiger partial charge in [-0.3, -0.25) is 4.79 Å². The number of sulfonamides is 1.